The highest BCUT2D eigenvalue weighted by Gasteiger charge is 2.32. The van der Waals surface area contributed by atoms with Gasteiger partial charge in [0.2, 0.25) is 0 Å². The van der Waals surface area contributed by atoms with Crippen molar-refractivity contribution in [3.05, 3.63) is 89.1 Å². The first-order valence-corrected chi connectivity index (χ1v) is 12.7. The van der Waals surface area contributed by atoms with E-state index in [-0.39, 0.29) is 27.9 Å². The van der Waals surface area contributed by atoms with E-state index in [4.69, 9.17) is 16.3 Å². The third-order valence-corrected chi connectivity index (χ3v) is 5.82. The number of carbonyl (C=O) groups is 2. The van der Waals surface area contributed by atoms with Crippen molar-refractivity contribution in [3.63, 3.8) is 0 Å². The van der Waals surface area contributed by atoms with Crippen molar-refractivity contribution in [2.75, 3.05) is 10.6 Å². The standard InChI is InChI=1S/C28H26ClF3N6O3/c1-16(35-24-14-33-13-23(29)37-24)17-6-5-7-22(11-17)36-25(39)19-8-18(9-21(10-19)28(30,31)32)20-12-34-38(15-20)26(40)41-27(2,3)4/h5-16H,1-4H3,(H,35,37)(H,36,39)/t16-/m0/s1. The van der Waals surface area contributed by atoms with Gasteiger partial charge >= 0.3 is 12.3 Å². The molecule has 4 aromatic rings. The number of alkyl halides is 3. The monoisotopic (exact) mass is 586 g/mol. The van der Waals surface area contributed by atoms with Gasteiger partial charge < -0.3 is 15.4 Å². The third kappa shape index (κ3) is 7.82. The Balaban J connectivity index is 1.58. The van der Waals surface area contributed by atoms with E-state index >= 15 is 0 Å². The molecule has 1 atom stereocenters. The lowest BCUT2D eigenvalue weighted by molar-refractivity contribution is -0.137. The summed E-state index contributed by atoms with van der Waals surface area (Å²) in [6.07, 6.45) is -0.136. The maximum absolute atomic E-state index is 13.8. The fourth-order valence-electron chi connectivity index (χ4n) is 3.78. The Kier molecular flexibility index (Phi) is 8.34. The molecule has 2 aromatic heterocycles. The Bertz CT molecular complexity index is 1580. The molecule has 2 heterocycles. The van der Waals surface area contributed by atoms with Crippen LogP contribution in [0.1, 0.15) is 55.2 Å². The molecule has 0 aliphatic heterocycles. The number of anilines is 2. The first-order valence-electron chi connectivity index (χ1n) is 12.3. The van der Waals surface area contributed by atoms with Gasteiger partial charge in [0.15, 0.2) is 0 Å². The maximum atomic E-state index is 13.8. The molecule has 0 bridgehead atoms. The Morgan fingerprint density at radius 1 is 1.02 bits per heavy atom. The molecule has 1 amide bonds. The van der Waals surface area contributed by atoms with Crippen LogP contribution in [0.25, 0.3) is 11.1 Å². The van der Waals surface area contributed by atoms with Crippen molar-refractivity contribution in [3.8, 4) is 11.1 Å². The fourth-order valence-corrected chi connectivity index (χ4v) is 3.92. The number of nitrogens with one attached hydrogen (secondary N) is 2. The molecule has 0 radical (unpaired) electrons. The van der Waals surface area contributed by atoms with E-state index in [1.165, 1.54) is 30.9 Å². The third-order valence-electron chi connectivity index (χ3n) is 5.63. The van der Waals surface area contributed by atoms with Gasteiger partial charge in [0.1, 0.15) is 16.6 Å². The van der Waals surface area contributed by atoms with Gasteiger partial charge in [-0.25, -0.2) is 9.78 Å². The van der Waals surface area contributed by atoms with Crippen LogP contribution in [-0.2, 0) is 10.9 Å². The summed E-state index contributed by atoms with van der Waals surface area (Å²) in [6, 6.07) is 9.52. The molecule has 13 heteroatoms. The minimum Gasteiger partial charge on any atom is -0.442 e. The van der Waals surface area contributed by atoms with E-state index in [2.05, 4.69) is 25.7 Å². The summed E-state index contributed by atoms with van der Waals surface area (Å²) in [5.74, 6) is -0.304. The number of rotatable bonds is 6. The van der Waals surface area contributed by atoms with Crippen LogP contribution in [0, 0.1) is 0 Å². The van der Waals surface area contributed by atoms with Crippen molar-refractivity contribution in [1.29, 1.82) is 0 Å². The number of amides is 1. The van der Waals surface area contributed by atoms with Gasteiger partial charge in [-0.3, -0.25) is 9.78 Å². The first kappa shape index (κ1) is 29.5. The fraction of sp³-hybridized carbons (Fsp3) is 0.250. The first-order chi connectivity index (χ1) is 19.2. The number of hydrogen-bond donors (Lipinski definition) is 2. The predicted molar refractivity (Wildman–Crippen MR) is 148 cm³/mol. The summed E-state index contributed by atoms with van der Waals surface area (Å²) >= 11 is 5.89. The number of carbonyl (C=O) groups excluding carboxylic acids is 2. The van der Waals surface area contributed by atoms with Gasteiger partial charge in [0.05, 0.1) is 30.2 Å². The quantitative estimate of drug-likeness (QED) is 0.245. The van der Waals surface area contributed by atoms with Gasteiger partial charge in [-0.15, -0.1) is 0 Å². The van der Waals surface area contributed by atoms with Crippen molar-refractivity contribution >= 4 is 35.1 Å². The Morgan fingerprint density at radius 2 is 1.78 bits per heavy atom. The molecule has 0 unspecified atom stereocenters. The molecular weight excluding hydrogens is 561 g/mol. The molecule has 0 aliphatic rings. The smallest absolute Gasteiger partial charge is 0.435 e. The molecule has 0 saturated carbocycles. The number of nitrogens with zero attached hydrogens (tertiary/aromatic N) is 4. The Hall–Kier alpha value is -4.45. The topological polar surface area (TPSA) is 111 Å². The van der Waals surface area contributed by atoms with Gasteiger partial charge in [-0.05, 0) is 69.2 Å². The summed E-state index contributed by atoms with van der Waals surface area (Å²) < 4.78 is 47.4. The molecule has 0 aliphatic carbocycles. The van der Waals surface area contributed by atoms with Gasteiger partial charge in [-0.1, -0.05) is 23.7 Å². The maximum Gasteiger partial charge on any atom is 0.435 e. The van der Waals surface area contributed by atoms with Crippen LogP contribution in [-0.4, -0.2) is 37.3 Å². The highest BCUT2D eigenvalue weighted by Crippen LogP contribution is 2.34. The Morgan fingerprint density at radius 3 is 2.46 bits per heavy atom. The summed E-state index contributed by atoms with van der Waals surface area (Å²) in [7, 11) is 0. The zero-order valence-corrected chi connectivity index (χ0v) is 23.2. The lowest BCUT2D eigenvalue weighted by Gasteiger charge is -2.18. The van der Waals surface area contributed by atoms with Crippen LogP contribution in [0.4, 0.5) is 29.5 Å². The minimum atomic E-state index is -4.73. The lowest BCUT2D eigenvalue weighted by Crippen LogP contribution is -2.27. The second kappa shape index (κ2) is 11.6. The van der Waals surface area contributed by atoms with E-state index < -0.39 is 29.3 Å². The molecule has 0 fully saturated rings. The summed E-state index contributed by atoms with van der Waals surface area (Å²) in [4.78, 5) is 33.6. The van der Waals surface area contributed by atoms with Crippen LogP contribution in [0.2, 0.25) is 5.15 Å². The summed E-state index contributed by atoms with van der Waals surface area (Å²) in [5, 5.41) is 9.93. The molecule has 0 saturated heterocycles. The molecule has 9 nitrogen and oxygen atoms in total. The molecule has 2 aromatic carbocycles. The van der Waals surface area contributed by atoms with E-state index in [1.807, 2.05) is 13.0 Å². The molecule has 214 valence electrons. The van der Waals surface area contributed by atoms with Gasteiger partial charge in [0, 0.05) is 23.0 Å². The van der Waals surface area contributed by atoms with Crippen molar-refractivity contribution < 1.29 is 27.5 Å². The van der Waals surface area contributed by atoms with Gasteiger partial charge in [0.25, 0.3) is 5.91 Å². The number of hydrogen-bond acceptors (Lipinski definition) is 7. The summed E-state index contributed by atoms with van der Waals surface area (Å²) in [5.41, 5.74) is -0.668. The Labute approximate surface area is 238 Å². The second-order valence-electron chi connectivity index (χ2n) is 10.1. The van der Waals surface area contributed by atoms with Crippen LogP contribution >= 0.6 is 11.6 Å². The molecule has 0 spiro atoms. The molecule has 2 N–H and O–H groups in total. The van der Waals surface area contributed by atoms with E-state index in [1.54, 1.807) is 39.0 Å². The van der Waals surface area contributed by atoms with Crippen LogP contribution in [0.3, 0.4) is 0 Å². The predicted octanol–water partition coefficient (Wildman–Crippen LogP) is 7.22. The SMILES string of the molecule is C[C@H](Nc1cncc(Cl)n1)c1cccc(NC(=O)c2cc(-c3cnn(C(=O)OC(C)(C)C)c3)cc(C(F)(F)F)c2)c1. The van der Waals surface area contributed by atoms with Crippen LogP contribution in [0.5, 0.6) is 0 Å². The minimum absolute atomic E-state index is 0.0500. The van der Waals surface area contributed by atoms with Gasteiger partial charge in [-0.2, -0.15) is 23.0 Å². The highest BCUT2D eigenvalue weighted by atomic mass is 35.5. The number of halogens is 4. The second-order valence-corrected chi connectivity index (χ2v) is 10.5. The van der Waals surface area contributed by atoms with E-state index in [0.717, 1.165) is 22.4 Å². The number of benzene rings is 2. The highest BCUT2D eigenvalue weighted by molar-refractivity contribution is 6.29. The largest absolute Gasteiger partial charge is 0.442 e. The summed E-state index contributed by atoms with van der Waals surface area (Å²) in [6.45, 7) is 6.88. The number of aromatic nitrogens is 4. The number of ether oxygens (including phenoxy) is 1. The molecule has 41 heavy (non-hydrogen) atoms. The molecule has 4 rings (SSSR count). The zero-order chi connectivity index (χ0) is 29.9. The van der Waals surface area contributed by atoms with Crippen molar-refractivity contribution in [1.82, 2.24) is 19.7 Å². The van der Waals surface area contributed by atoms with Crippen LogP contribution < -0.4 is 10.6 Å². The normalized spacial score (nSPS) is 12.5. The molecular formula is C28H26ClF3N6O3. The van der Waals surface area contributed by atoms with E-state index in [9.17, 15) is 22.8 Å². The lowest BCUT2D eigenvalue weighted by atomic mass is 10.0. The average molecular weight is 587 g/mol. The van der Waals surface area contributed by atoms with Crippen molar-refractivity contribution in [2.45, 2.75) is 45.5 Å². The zero-order valence-electron chi connectivity index (χ0n) is 22.5. The average Bonchev–Trinajstić information content (AvgIpc) is 3.38. The van der Waals surface area contributed by atoms with Crippen molar-refractivity contribution in [2.24, 2.45) is 0 Å². The van der Waals surface area contributed by atoms with E-state index in [0.29, 0.717) is 11.5 Å². The van der Waals surface area contributed by atoms with Crippen LogP contribution in [0.15, 0.2) is 67.3 Å².